The fourth-order valence-corrected chi connectivity index (χ4v) is 5.89. The zero-order valence-corrected chi connectivity index (χ0v) is 19.0. The van der Waals surface area contributed by atoms with E-state index in [2.05, 4.69) is 10.00 Å². The average Bonchev–Trinajstić information content (AvgIpc) is 3.09. The zero-order chi connectivity index (χ0) is 22.0. The Kier molecular flexibility index (Phi) is 6.02. The lowest BCUT2D eigenvalue weighted by molar-refractivity contribution is 0.337. The Bertz CT molecular complexity index is 1150. The number of para-hydroxylation sites is 3. The lowest BCUT2D eigenvalue weighted by atomic mass is 10.2. The van der Waals surface area contributed by atoms with Gasteiger partial charge in [-0.2, -0.15) is 9.40 Å². The first-order valence-electron chi connectivity index (χ1n) is 10.5. The van der Waals surface area contributed by atoms with Crippen LogP contribution < -0.4 is 9.64 Å². The number of anilines is 1. The molecule has 0 aliphatic carbocycles. The van der Waals surface area contributed by atoms with Gasteiger partial charge in [-0.05, 0) is 45.0 Å². The van der Waals surface area contributed by atoms with Gasteiger partial charge in [0.25, 0.3) is 0 Å². The highest BCUT2D eigenvalue weighted by atomic mass is 32.2. The largest absolute Gasteiger partial charge is 0.492 e. The van der Waals surface area contributed by atoms with Crippen LogP contribution in [0.5, 0.6) is 5.75 Å². The molecule has 0 bridgehead atoms. The van der Waals surface area contributed by atoms with Crippen molar-refractivity contribution >= 4 is 15.7 Å². The maximum absolute atomic E-state index is 13.5. The van der Waals surface area contributed by atoms with Crippen LogP contribution in [0, 0.1) is 13.8 Å². The van der Waals surface area contributed by atoms with E-state index in [0.717, 1.165) is 17.1 Å². The molecule has 1 fully saturated rings. The molecule has 1 aliphatic heterocycles. The molecule has 0 unspecified atom stereocenters. The van der Waals surface area contributed by atoms with Gasteiger partial charge in [0.2, 0.25) is 10.0 Å². The summed E-state index contributed by atoms with van der Waals surface area (Å²) in [5.41, 5.74) is 3.01. The van der Waals surface area contributed by atoms with Gasteiger partial charge in [0.15, 0.2) is 0 Å². The molecule has 31 heavy (non-hydrogen) atoms. The molecule has 2 aromatic carbocycles. The van der Waals surface area contributed by atoms with Gasteiger partial charge in [0.05, 0.1) is 29.4 Å². The van der Waals surface area contributed by atoms with Crippen molar-refractivity contribution < 1.29 is 13.2 Å². The molecule has 3 aromatic rings. The molecule has 4 rings (SSSR count). The molecular formula is C23H28N4O3S. The SMILES string of the molecule is CCOc1ccccc1N1CCN(S(=O)(=O)c2c(C)nn(-c3ccccc3)c2C)CC1. The van der Waals surface area contributed by atoms with Crippen molar-refractivity contribution in [2.24, 2.45) is 0 Å². The second kappa shape index (κ2) is 8.72. The van der Waals surface area contributed by atoms with E-state index in [1.807, 2.05) is 68.4 Å². The standard InChI is InChI=1S/C23H28N4O3S/c1-4-30-22-13-9-8-12-21(22)25-14-16-26(17-15-25)31(28,29)23-18(2)24-27(19(23)3)20-10-6-5-7-11-20/h5-13H,4,14-17H2,1-3H3. The minimum atomic E-state index is -3.64. The van der Waals surface area contributed by atoms with Crippen LogP contribution in [0.3, 0.4) is 0 Å². The highest BCUT2D eigenvalue weighted by Gasteiger charge is 2.34. The Hall–Kier alpha value is -2.84. The number of ether oxygens (including phenoxy) is 1. The first-order chi connectivity index (χ1) is 14.9. The van der Waals surface area contributed by atoms with E-state index in [9.17, 15) is 8.42 Å². The van der Waals surface area contributed by atoms with E-state index < -0.39 is 10.0 Å². The normalized spacial score (nSPS) is 15.3. The summed E-state index contributed by atoms with van der Waals surface area (Å²) in [5, 5.41) is 4.52. The molecule has 1 saturated heterocycles. The van der Waals surface area contributed by atoms with E-state index in [0.29, 0.717) is 49.1 Å². The van der Waals surface area contributed by atoms with Crippen LogP contribution in [0.15, 0.2) is 59.5 Å². The Morgan fingerprint density at radius 2 is 1.58 bits per heavy atom. The Labute approximate surface area is 183 Å². The molecule has 8 heteroatoms. The average molecular weight is 441 g/mol. The summed E-state index contributed by atoms with van der Waals surface area (Å²) in [4.78, 5) is 2.49. The topological polar surface area (TPSA) is 67.7 Å². The van der Waals surface area contributed by atoms with Crippen LogP contribution in [-0.4, -0.2) is 55.3 Å². The van der Waals surface area contributed by atoms with Crippen molar-refractivity contribution in [3.63, 3.8) is 0 Å². The number of hydrogen-bond acceptors (Lipinski definition) is 5. The van der Waals surface area contributed by atoms with Crippen LogP contribution in [-0.2, 0) is 10.0 Å². The lowest BCUT2D eigenvalue weighted by Gasteiger charge is -2.36. The van der Waals surface area contributed by atoms with Crippen molar-refractivity contribution in [3.8, 4) is 11.4 Å². The van der Waals surface area contributed by atoms with Gasteiger partial charge < -0.3 is 9.64 Å². The van der Waals surface area contributed by atoms with Crippen LogP contribution in [0.2, 0.25) is 0 Å². The van der Waals surface area contributed by atoms with Gasteiger partial charge in [-0.15, -0.1) is 0 Å². The summed E-state index contributed by atoms with van der Waals surface area (Å²) in [5.74, 6) is 0.831. The molecule has 0 N–H and O–H groups in total. The number of hydrogen-bond donors (Lipinski definition) is 0. The van der Waals surface area contributed by atoms with E-state index in [-0.39, 0.29) is 0 Å². The molecule has 0 saturated carbocycles. The Morgan fingerprint density at radius 1 is 0.935 bits per heavy atom. The van der Waals surface area contributed by atoms with Crippen LogP contribution in [0.4, 0.5) is 5.69 Å². The molecule has 1 aromatic heterocycles. The van der Waals surface area contributed by atoms with Crippen molar-refractivity contribution in [2.45, 2.75) is 25.7 Å². The molecule has 0 atom stereocenters. The third-order valence-corrected chi connectivity index (χ3v) is 7.72. The van der Waals surface area contributed by atoms with E-state index in [1.165, 1.54) is 0 Å². The molecule has 0 amide bonds. The van der Waals surface area contributed by atoms with Crippen molar-refractivity contribution in [1.82, 2.24) is 14.1 Å². The highest BCUT2D eigenvalue weighted by molar-refractivity contribution is 7.89. The minimum absolute atomic E-state index is 0.305. The van der Waals surface area contributed by atoms with Crippen LogP contribution in [0.25, 0.3) is 5.69 Å². The van der Waals surface area contributed by atoms with Gasteiger partial charge in [0, 0.05) is 26.2 Å². The predicted octanol–water partition coefficient (Wildman–Crippen LogP) is 3.40. The fourth-order valence-electron chi connectivity index (χ4n) is 4.12. The van der Waals surface area contributed by atoms with Gasteiger partial charge in [0.1, 0.15) is 10.6 Å². The summed E-state index contributed by atoms with van der Waals surface area (Å²) < 4.78 is 36.1. The van der Waals surface area contributed by atoms with Crippen LogP contribution >= 0.6 is 0 Å². The number of sulfonamides is 1. The van der Waals surface area contributed by atoms with Gasteiger partial charge in [-0.1, -0.05) is 30.3 Å². The third kappa shape index (κ3) is 4.05. The van der Waals surface area contributed by atoms with E-state index >= 15 is 0 Å². The second-order valence-electron chi connectivity index (χ2n) is 7.54. The summed E-state index contributed by atoms with van der Waals surface area (Å²) in [6.07, 6.45) is 0. The second-order valence-corrected chi connectivity index (χ2v) is 9.41. The molecular weight excluding hydrogens is 412 g/mol. The maximum atomic E-state index is 13.5. The van der Waals surface area contributed by atoms with Gasteiger partial charge >= 0.3 is 0 Å². The summed E-state index contributed by atoms with van der Waals surface area (Å²) in [7, 11) is -3.64. The highest BCUT2D eigenvalue weighted by Crippen LogP contribution is 2.31. The molecule has 2 heterocycles. The van der Waals surface area contributed by atoms with Gasteiger partial charge in [-0.25, -0.2) is 13.1 Å². The Balaban J connectivity index is 1.56. The van der Waals surface area contributed by atoms with Crippen molar-refractivity contribution in [1.29, 1.82) is 0 Å². The van der Waals surface area contributed by atoms with E-state index in [4.69, 9.17) is 4.74 Å². The molecule has 0 spiro atoms. The number of nitrogens with zero attached hydrogens (tertiary/aromatic N) is 4. The van der Waals surface area contributed by atoms with Crippen LogP contribution in [0.1, 0.15) is 18.3 Å². The van der Waals surface area contributed by atoms with Crippen molar-refractivity contribution in [2.75, 3.05) is 37.7 Å². The quantitative estimate of drug-likeness (QED) is 0.588. The third-order valence-electron chi connectivity index (χ3n) is 5.57. The number of aromatic nitrogens is 2. The van der Waals surface area contributed by atoms with E-state index in [1.54, 1.807) is 15.9 Å². The number of piperazine rings is 1. The summed E-state index contributed by atoms with van der Waals surface area (Å²) in [6, 6.07) is 17.5. The zero-order valence-electron chi connectivity index (χ0n) is 18.2. The van der Waals surface area contributed by atoms with Crippen molar-refractivity contribution in [3.05, 3.63) is 66.0 Å². The minimum Gasteiger partial charge on any atom is -0.492 e. The smallest absolute Gasteiger partial charge is 0.246 e. The fraction of sp³-hybridized carbons (Fsp3) is 0.348. The first kappa shape index (κ1) is 21.4. The lowest BCUT2D eigenvalue weighted by Crippen LogP contribution is -2.49. The molecule has 7 nitrogen and oxygen atoms in total. The molecule has 0 radical (unpaired) electrons. The monoisotopic (exact) mass is 440 g/mol. The predicted molar refractivity (Wildman–Crippen MR) is 122 cm³/mol. The number of aryl methyl sites for hydroxylation is 1. The first-order valence-corrected chi connectivity index (χ1v) is 12.0. The maximum Gasteiger partial charge on any atom is 0.246 e. The molecule has 164 valence electrons. The summed E-state index contributed by atoms with van der Waals surface area (Å²) >= 11 is 0. The molecule has 1 aliphatic rings. The van der Waals surface area contributed by atoms with Gasteiger partial charge in [-0.3, -0.25) is 0 Å². The number of benzene rings is 2. The summed E-state index contributed by atoms with van der Waals surface area (Å²) in [6.45, 7) is 8.16. The number of rotatable bonds is 6. The Morgan fingerprint density at radius 3 is 2.26 bits per heavy atom.